The Morgan fingerprint density at radius 3 is 3.00 bits per heavy atom. The molecule has 1 unspecified atom stereocenters. The third-order valence-electron chi connectivity index (χ3n) is 1.05. The fourth-order valence-electron chi connectivity index (χ4n) is 0.486. The fraction of sp³-hybridized carbons (Fsp3) is 0.571. The minimum atomic E-state index is -0.764. The second kappa shape index (κ2) is 5.57. The number of primary amides is 1. The first-order valence-electron chi connectivity index (χ1n) is 3.28. The predicted octanol–water partition coefficient (Wildman–Crippen LogP) is -0.307. The number of carbonyl (C=O) groups excluding carboxylic acids is 1. The molecule has 0 spiro atoms. The minimum absolute atomic E-state index is 0.00789. The first-order valence-corrected chi connectivity index (χ1v) is 3.28. The molecule has 4 heteroatoms. The summed E-state index contributed by atoms with van der Waals surface area (Å²) < 4.78 is 4.44. The number of nitrogens with two attached hydrogens (primary N) is 1. The lowest BCUT2D eigenvalue weighted by molar-refractivity contribution is 0.157. The van der Waals surface area contributed by atoms with Crippen LogP contribution in [0.3, 0.4) is 0 Å². The maximum atomic E-state index is 10.0. The zero-order valence-corrected chi connectivity index (χ0v) is 6.46. The van der Waals surface area contributed by atoms with E-state index < -0.39 is 6.09 Å². The van der Waals surface area contributed by atoms with Gasteiger partial charge in [-0.25, -0.2) is 4.79 Å². The van der Waals surface area contributed by atoms with Gasteiger partial charge in [0.1, 0.15) is 6.61 Å². The van der Waals surface area contributed by atoms with E-state index in [4.69, 9.17) is 12.2 Å². The first-order chi connectivity index (χ1) is 5.16. The zero-order valence-electron chi connectivity index (χ0n) is 6.46. The Labute approximate surface area is 66.1 Å². The molecule has 3 N–H and O–H groups in total. The zero-order chi connectivity index (χ0) is 8.69. The van der Waals surface area contributed by atoms with Gasteiger partial charge in [-0.05, 0) is 6.92 Å². The molecule has 0 bridgehead atoms. The van der Waals surface area contributed by atoms with E-state index in [9.17, 15) is 4.79 Å². The highest BCUT2D eigenvalue weighted by atomic mass is 16.5. The Bertz CT molecular complexity index is 162. The molecule has 0 aliphatic carbocycles. The molecule has 0 aromatic carbocycles. The van der Waals surface area contributed by atoms with Crippen molar-refractivity contribution in [3.8, 4) is 12.3 Å². The van der Waals surface area contributed by atoms with Crippen LogP contribution < -0.4 is 11.1 Å². The van der Waals surface area contributed by atoms with Crippen molar-refractivity contribution in [2.75, 3.05) is 13.2 Å². The average molecular weight is 156 g/mol. The summed E-state index contributed by atoms with van der Waals surface area (Å²) in [5.41, 5.74) is 4.71. The topological polar surface area (TPSA) is 64.3 Å². The highest BCUT2D eigenvalue weighted by Gasteiger charge is 1.95. The lowest BCUT2D eigenvalue weighted by Gasteiger charge is -2.06. The van der Waals surface area contributed by atoms with Gasteiger partial charge < -0.3 is 15.8 Å². The lowest BCUT2D eigenvalue weighted by atomic mass is 10.3. The van der Waals surface area contributed by atoms with Gasteiger partial charge in [-0.15, -0.1) is 6.42 Å². The predicted molar refractivity (Wildman–Crippen MR) is 41.8 cm³/mol. The molecular formula is C7H12N2O2. The number of amides is 1. The molecule has 0 radical (unpaired) electrons. The number of hydrogen-bond donors (Lipinski definition) is 2. The van der Waals surface area contributed by atoms with Crippen LogP contribution >= 0.6 is 0 Å². The van der Waals surface area contributed by atoms with E-state index >= 15 is 0 Å². The van der Waals surface area contributed by atoms with Crippen molar-refractivity contribution in [1.82, 2.24) is 5.32 Å². The van der Waals surface area contributed by atoms with Crippen molar-refractivity contribution in [2.45, 2.75) is 13.0 Å². The summed E-state index contributed by atoms with van der Waals surface area (Å²) in [6.07, 6.45) is 4.31. The summed E-state index contributed by atoms with van der Waals surface area (Å²) in [6, 6.07) is -0.00789. The van der Waals surface area contributed by atoms with E-state index in [1.165, 1.54) is 0 Å². The van der Waals surface area contributed by atoms with Crippen LogP contribution in [0.25, 0.3) is 0 Å². The normalized spacial score (nSPS) is 11.6. The van der Waals surface area contributed by atoms with Gasteiger partial charge in [0.25, 0.3) is 0 Å². The second-order valence-electron chi connectivity index (χ2n) is 2.01. The number of terminal acetylenes is 1. The molecule has 0 saturated heterocycles. The van der Waals surface area contributed by atoms with Gasteiger partial charge in [-0.1, -0.05) is 5.92 Å². The summed E-state index contributed by atoms with van der Waals surface area (Å²) in [5.74, 6) is 2.47. The Morgan fingerprint density at radius 2 is 2.55 bits per heavy atom. The van der Waals surface area contributed by atoms with Gasteiger partial charge >= 0.3 is 6.09 Å². The van der Waals surface area contributed by atoms with Gasteiger partial charge in [0.15, 0.2) is 0 Å². The van der Waals surface area contributed by atoms with E-state index in [1.807, 2.05) is 6.92 Å². The van der Waals surface area contributed by atoms with Crippen LogP contribution in [0.5, 0.6) is 0 Å². The van der Waals surface area contributed by atoms with E-state index in [0.717, 1.165) is 0 Å². The molecule has 0 saturated carbocycles. The van der Waals surface area contributed by atoms with Crippen molar-refractivity contribution in [2.24, 2.45) is 5.73 Å². The maximum absolute atomic E-state index is 10.0. The summed E-state index contributed by atoms with van der Waals surface area (Å²) in [6.45, 7) is 2.61. The summed E-state index contributed by atoms with van der Waals surface area (Å²) in [5, 5.41) is 2.92. The Hall–Kier alpha value is -1.21. The summed E-state index contributed by atoms with van der Waals surface area (Å²) in [7, 11) is 0. The van der Waals surface area contributed by atoms with Crippen molar-refractivity contribution < 1.29 is 9.53 Å². The molecule has 0 aromatic rings. The molecule has 62 valence electrons. The van der Waals surface area contributed by atoms with Crippen LogP contribution in [0.4, 0.5) is 4.79 Å². The average Bonchev–Trinajstić information content (AvgIpc) is 1.97. The SMILES string of the molecule is C#CC(C)NCCOC(N)=O. The van der Waals surface area contributed by atoms with Crippen molar-refractivity contribution in [1.29, 1.82) is 0 Å². The fourth-order valence-corrected chi connectivity index (χ4v) is 0.486. The molecule has 1 atom stereocenters. The molecule has 0 fully saturated rings. The Morgan fingerprint density at radius 1 is 1.91 bits per heavy atom. The molecule has 0 heterocycles. The summed E-state index contributed by atoms with van der Waals surface area (Å²) in [4.78, 5) is 10.0. The molecule has 11 heavy (non-hydrogen) atoms. The van der Waals surface area contributed by atoms with E-state index in [2.05, 4.69) is 16.0 Å². The van der Waals surface area contributed by atoms with Crippen molar-refractivity contribution in [3.63, 3.8) is 0 Å². The van der Waals surface area contributed by atoms with Crippen LogP contribution in [0, 0.1) is 12.3 Å². The van der Waals surface area contributed by atoms with E-state index in [1.54, 1.807) is 0 Å². The highest BCUT2D eigenvalue weighted by Crippen LogP contribution is 1.76. The van der Waals surface area contributed by atoms with Gasteiger partial charge in [0.2, 0.25) is 0 Å². The number of ether oxygens (including phenoxy) is 1. The Balaban J connectivity index is 3.16. The number of rotatable bonds is 4. The second-order valence-corrected chi connectivity index (χ2v) is 2.01. The van der Waals surface area contributed by atoms with E-state index in [0.29, 0.717) is 6.54 Å². The third kappa shape index (κ3) is 6.68. The van der Waals surface area contributed by atoms with E-state index in [-0.39, 0.29) is 12.6 Å². The number of hydrogen-bond acceptors (Lipinski definition) is 3. The van der Waals surface area contributed by atoms with Crippen LogP contribution in [-0.2, 0) is 4.74 Å². The first kappa shape index (κ1) is 9.79. The van der Waals surface area contributed by atoms with Crippen LogP contribution in [-0.4, -0.2) is 25.3 Å². The largest absolute Gasteiger partial charge is 0.448 e. The molecule has 0 aliphatic heterocycles. The van der Waals surface area contributed by atoms with Crippen LogP contribution in [0.2, 0.25) is 0 Å². The van der Waals surface area contributed by atoms with Crippen LogP contribution in [0.15, 0.2) is 0 Å². The number of carbonyl (C=O) groups is 1. The maximum Gasteiger partial charge on any atom is 0.404 e. The lowest BCUT2D eigenvalue weighted by Crippen LogP contribution is -2.29. The highest BCUT2D eigenvalue weighted by molar-refractivity contribution is 5.64. The molecule has 0 rings (SSSR count). The van der Waals surface area contributed by atoms with Crippen LogP contribution in [0.1, 0.15) is 6.92 Å². The Kier molecular flexibility index (Phi) is 4.95. The standard InChI is InChI=1S/C7H12N2O2/c1-3-6(2)9-4-5-11-7(8)10/h1,6,9H,4-5H2,2H3,(H2,8,10). The molecule has 0 aromatic heterocycles. The van der Waals surface area contributed by atoms with Crippen molar-refractivity contribution >= 4 is 6.09 Å². The monoisotopic (exact) mass is 156 g/mol. The smallest absolute Gasteiger partial charge is 0.404 e. The van der Waals surface area contributed by atoms with Gasteiger partial charge in [0.05, 0.1) is 6.04 Å². The minimum Gasteiger partial charge on any atom is -0.448 e. The molecule has 1 amide bonds. The summed E-state index contributed by atoms with van der Waals surface area (Å²) >= 11 is 0. The van der Waals surface area contributed by atoms with Gasteiger partial charge in [-0.3, -0.25) is 0 Å². The molecule has 4 nitrogen and oxygen atoms in total. The third-order valence-corrected chi connectivity index (χ3v) is 1.05. The number of nitrogens with one attached hydrogen (secondary N) is 1. The van der Waals surface area contributed by atoms with Crippen molar-refractivity contribution in [3.05, 3.63) is 0 Å². The quantitative estimate of drug-likeness (QED) is 0.433. The van der Waals surface area contributed by atoms with Gasteiger partial charge in [0, 0.05) is 6.54 Å². The molecule has 0 aliphatic rings. The molecular weight excluding hydrogens is 144 g/mol. The van der Waals surface area contributed by atoms with Gasteiger partial charge in [-0.2, -0.15) is 0 Å².